The zero-order valence-corrected chi connectivity index (χ0v) is 12.6. The Balaban J connectivity index is 1.90. The molecule has 1 aliphatic rings. The highest BCUT2D eigenvalue weighted by Crippen LogP contribution is 2.26. The van der Waals surface area contributed by atoms with E-state index in [4.69, 9.17) is 5.11 Å². The smallest absolute Gasteiger partial charge is 0.335 e. The van der Waals surface area contributed by atoms with Gasteiger partial charge in [-0.15, -0.1) is 0 Å². The molecule has 3 rings (SSSR count). The number of sulfonamides is 1. The molecule has 0 atom stereocenters. The number of benzene rings is 2. The van der Waals surface area contributed by atoms with Gasteiger partial charge in [0.1, 0.15) is 0 Å². The molecule has 2 aromatic carbocycles. The van der Waals surface area contributed by atoms with Gasteiger partial charge in [-0.05, 0) is 60.7 Å². The van der Waals surface area contributed by atoms with Gasteiger partial charge in [0, 0.05) is 5.69 Å². The van der Waals surface area contributed by atoms with Gasteiger partial charge in [-0.2, -0.15) is 0 Å². The molecule has 0 saturated heterocycles. The van der Waals surface area contributed by atoms with Crippen molar-refractivity contribution in [2.24, 2.45) is 0 Å². The van der Waals surface area contributed by atoms with E-state index in [1.165, 1.54) is 29.8 Å². The maximum Gasteiger partial charge on any atom is 0.335 e. The lowest BCUT2D eigenvalue weighted by Crippen LogP contribution is -2.13. The van der Waals surface area contributed by atoms with Crippen molar-refractivity contribution in [3.63, 3.8) is 0 Å². The second kappa shape index (κ2) is 5.46. The van der Waals surface area contributed by atoms with Crippen molar-refractivity contribution in [3.8, 4) is 0 Å². The molecular formula is C16H15NO4S. The summed E-state index contributed by atoms with van der Waals surface area (Å²) in [4.78, 5) is 11.1. The van der Waals surface area contributed by atoms with Crippen molar-refractivity contribution in [1.82, 2.24) is 0 Å². The van der Waals surface area contributed by atoms with Gasteiger partial charge in [0.05, 0.1) is 10.5 Å². The minimum atomic E-state index is -3.72. The molecule has 0 amide bonds. The van der Waals surface area contributed by atoms with Crippen LogP contribution in [0.25, 0.3) is 0 Å². The van der Waals surface area contributed by atoms with Gasteiger partial charge in [-0.25, -0.2) is 13.2 Å². The summed E-state index contributed by atoms with van der Waals surface area (Å²) in [6.45, 7) is 0. The third kappa shape index (κ3) is 2.82. The van der Waals surface area contributed by atoms with Gasteiger partial charge in [-0.1, -0.05) is 12.1 Å². The molecule has 22 heavy (non-hydrogen) atoms. The maximum absolute atomic E-state index is 12.4. The molecule has 0 saturated carbocycles. The summed E-state index contributed by atoms with van der Waals surface area (Å²) in [6.07, 6.45) is 2.93. The summed E-state index contributed by atoms with van der Waals surface area (Å²) >= 11 is 0. The zero-order chi connectivity index (χ0) is 15.7. The number of aromatic carboxylic acids is 1. The topological polar surface area (TPSA) is 83.5 Å². The first-order chi connectivity index (χ1) is 10.5. The average Bonchev–Trinajstić information content (AvgIpc) is 2.94. The molecule has 0 unspecified atom stereocenters. The van der Waals surface area contributed by atoms with Gasteiger partial charge >= 0.3 is 5.97 Å². The highest BCUT2D eigenvalue weighted by Gasteiger charge is 2.19. The third-order valence-electron chi connectivity index (χ3n) is 3.74. The molecule has 0 radical (unpaired) electrons. The second-order valence-corrected chi connectivity index (χ2v) is 6.96. The van der Waals surface area contributed by atoms with E-state index in [9.17, 15) is 13.2 Å². The van der Waals surface area contributed by atoms with Crippen LogP contribution in [-0.4, -0.2) is 19.5 Å². The van der Waals surface area contributed by atoms with Crippen LogP contribution in [-0.2, 0) is 22.9 Å². The van der Waals surface area contributed by atoms with Crippen molar-refractivity contribution in [2.75, 3.05) is 4.72 Å². The number of anilines is 1. The molecule has 1 aliphatic carbocycles. The van der Waals surface area contributed by atoms with Crippen LogP contribution in [0.2, 0.25) is 0 Å². The van der Waals surface area contributed by atoms with Gasteiger partial charge in [-0.3, -0.25) is 4.72 Å². The summed E-state index contributed by atoms with van der Waals surface area (Å²) in [5, 5.41) is 8.95. The van der Waals surface area contributed by atoms with Crippen LogP contribution in [0.1, 0.15) is 27.9 Å². The van der Waals surface area contributed by atoms with Crippen molar-refractivity contribution >= 4 is 21.7 Å². The standard InChI is InChI=1S/C16H15NO4S/c18-16(19)13-5-2-6-14(9-13)17-22(20,21)15-8-7-11-3-1-4-12(11)10-15/h2,5-10,17H,1,3-4H2,(H,18,19). The SMILES string of the molecule is O=C(O)c1cccc(NS(=O)(=O)c2ccc3c(c2)CCC3)c1. The number of nitrogens with one attached hydrogen (secondary N) is 1. The van der Waals surface area contributed by atoms with Gasteiger partial charge in [0.15, 0.2) is 0 Å². The van der Waals surface area contributed by atoms with E-state index in [0.29, 0.717) is 0 Å². The van der Waals surface area contributed by atoms with Crippen LogP contribution in [0.3, 0.4) is 0 Å². The Kier molecular flexibility index (Phi) is 3.62. The number of hydrogen-bond acceptors (Lipinski definition) is 3. The largest absolute Gasteiger partial charge is 0.478 e. The van der Waals surface area contributed by atoms with E-state index in [0.717, 1.165) is 24.8 Å². The Morgan fingerprint density at radius 3 is 2.59 bits per heavy atom. The monoisotopic (exact) mass is 317 g/mol. The van der Waals surface area contributed by atoms with E-state index in [1.54, 1.807) is 12.1 Å². The van der Waals surface area contributed by atoms with Crippen LogP contribution >= 0.6 is 0 Å². The number of carbonyl (C=O) groups is 1. The van der Waals surface area contributed by atoms with Crippen molar-refractivity contribution in [1.29, 1.82) is 0 Å². The molecule has 0 aliphatic heterocycles. The Morgan fingerprint density at radius 1 is 1.05 bits per heavy atom. The second-order valence-electron chi connectivity index (χ2n) is 5.28. The number of rotatable bonds is 4. The molecule has 0 spiro atoms. The highest BCUT2D eigenvalue weighted by atomic mass is 32.2. The maximum atomic E-state index is 12.4. The molecule has 2 N–H and O–H groups in total. The number of fused-ring (bicyclic) bond motifs is 1. The van der Waals surface area contributed by atoms with Crippen molar-refractivity contribution in [3.05, 3.63) is 59.2 Å². The summed E-state index contributed by atoms with van der Waals surface area (Å²) in [7, 11) is -3.72. The molecule has 6 heteroatoms. The Morgan fingerprint density at radius 2 is 1.82 bits per heavy atom. The number of carboxylic acids is 1. The zero-order valence-electron chi connectivity index (χ0n) is 11.7. The number of carboxylic acid groups (broad SMARTS) is 1. The normalized spacial score (nSPS) is 13.6. The molecule has 0 bridgehead atoms. The molecule has 5 nitrogen and oxygen atoms in total. The van der Waals surface area contributed by atoms with Crippen LogP contribution in [0.5, 0.6) is 0 Å². The summed E-state index contributed by atoms with van der Waals surface area (Å²) in [6, 6.07) is 10.9. The first-order valence-corrected chi connectivity index (χ1v) is 8.42. The average molecular weight is 317 g/mol. The number of hydrogen-bond donors (Lipinski definition) is 2. The van der Waals surface area contributed by atoms with Crippen LogP contribution in [0.4, 0.5) is 5.69 Å². The fourth-order valence-corrected chi connectivity index (χ4v) is 3.74. The molecule has 0 heterocycles. The van der Waals surface area contributed by atoms with Gasteiger partial charge < -0.3 is 5.11 Å². The van der Waals surface area contributed by atoms with Crippen LogP contribution < -0.4 is 4.72 Å². The predicted octanol–water partition coefficient (Wildman–Crippen LogP) is 2.67. The van der Waals surface area contributed by atoms with E-state index in [2.05, 4.69) is 4.72 Å². The predicted molar refractivity (Wildman–Crippen MR) is 82.7 cm³/mol. The fourth-order valence-electron chi connectivity index (χ4n) is 2.65. The molecule has 114 valence electrons. The first kappa shape index (κ1) is 14.6. The van der Waals surface area contributed by atoms with Crippen molar-refractivity contribution in [2.45, 2.75) is 24.2 Å². The Bertz CT molecular complexity index is 843. The van der Waals surface area contributed by atoms with Crippen molar-refractivity contribution < 1.29 is 18.3 Å². The fraction of sp³-hybridized carbons (Fsp3) is 0.188. The van der Waals surface area contributed by atoms with Gasteiger partial charge in [0.25, 0.3) is 10.0 Å². The summed E-state index contributed by atoms with van der Waals surface area (Å²) in [5.41, 5.74) is 2.54. The molecule has 0 fully saturated rings. The Labute approximate surface area is 128 Å². The summed E-state index contributed by atoms with van der Waals surface area (Å²) in [5.74, 6) is -1.10. The summed E-state index contributed by atoms with van der Waals surface area (Å²) < 4.78 is 27.3. The Hall–Kier alpha value is -2.34. The third-order valence-corrected chi connectivity index (χ3v) is 5.12. The van der Waals surface area contributed by atoms with Crippen LogP contribution in [0.15, 0.2) is 47.4 Å². The lowest BCUT2D eigenvalue weighted by atomic mass is 10.1. The minimum absolute atomic E-state index is 0.0363. The number of aryl methyl sites for hydroxylation is 2. The molecule has 2 aromatic rings. The van der Waals surface area contributed by atoms with E-state index < -0.39 is 16.0 Å². The quantitative estimate of drug-likeness (QED) is 0.908. The molecular weight excluding hydrogens is 302 g/mol. The lowest BCUT2D eigenvalue weighted by Gasteiger charge is -2.10. The first-order valence-electron chi connectivity index (χ1n) is 6.94. The van der Waals surface area contributed by atoms with Crippen LogP contribution in [0, 0.1) is 0 Å². The molecule has 0 aromatic heterocycles. The minimum Gasteiger partial charge on any atom is -0.478 e. The highest BCUT2D eigenvalue weighted by molar-refractivity contribution is 7.92. The van der Waals surface area contributed by atoms with E-state index in [-0.39, 0.29) is 16.1 Å². The van der Waals surface area contributed by atoms with E-state index in [1.807, 2.05) is 6.07 Å². The van der Waals surface area contributed by atoms with Gasteiger partial charge in [0.2, 0.25) is 0 Å². The lowest BCUT2D eigenvalue weighted by molar-refractivity contribution is 0.0697. The van der Waals surface area contributed by atoms with E-state index >= 15 is 0 Å².